The summed E-state index contributed by atoms with van der Waals surface area (Å²) in [7, 11) is 1.47. The lowest BCUT2D eigenvalue weighted by molar-refractivity contribution is -0.147. The number of benzene rings is 1. The average molecular weight is 416 g/mol. The summed E-state index contributed by atoms with van der Waals surface area (Å²) >= 11 is 3.23. The molecule has 9 nitrogen and oxygen atoms in total. The van der Waals surface area contributed by atoms with Crippen molar-refractivity contribution in [1.29, 1.82) is 0 Å². The largest absolute Gasteiger partial charge is 0.454 e. The van der Waals surface area contributed by atoms with Crippen LogP contribution in [0.25, 0.3) is 0 Å². The van der Waals surface area contributed by atoms with E-state index in [1.54, 1.807) is 24.3 Å². The van der Waals surface area contributed by atoms with Crippen LogP contribution >= 0.6 is 15.9 Å². The molecule has 0 atom stereocenters. The van der Waals surface area contributed by atoms with Crippen molar-refractivity contribution in [2.24, 2.45) is 0 Å². The van der Waals surface area contributed by atoms with Gasteiger partial charge in [0, 0.05) is 23.7 Å². The maximum Gasteiger partial charge on any atom is 0.325 e. The summed E-state index contributed by atoms with van der Waals surface area (Å²) in [6.07, 6.45) is 0. The van der Waals surface area contributed by atoms with Gasteiger partial charge >= 0.3 is 12.0 Å². The summed E-state index contributed by atoms with van der Waals surface area (Å²) in [6, 6.07) is 5.90. The van der Waals surface area contributed by atoms with Crippen LogP contribution in [-0.4, -0.2) is 57.2 Å². The molecule has 3 N–H and O–H groups in total. The van der Waals surface area contributed by atoms with Gasteiger partial charge in [-0.15, -0.1) is 0 Å². The molecule has 0 saturated heterocycles. The van der Waals surface area contributed by atoms with Gasteiger partial charge in [0.05, 0.1) is 6.61 Å². The number of ether oxygens (including phenoxy) is 2. The molecule has 1 aromatic carbocycles. The number of amides is 4. The number of carbonyl (C=O) groups excluding carboxylic acids is 4. The molecule has 0 aromatic heterocycles. The van der Waals surface area contributed by atoms with Crippen LogP contribution < -0.4 is 16.0 Å². The van der Waals surface area contributed by atoms with Crippen molar-refractivity contribution < 1.29 is 28.7 Å². The number of urea groups is 1. The Hall–Kier alpha value is -2.46. The smallest absolute Gasteiger partial charge is 0.325 e. The van der Waals surface area contributed by atoms with E-state index in [4.69, 9.17) is 4.74 Å². The van der Waals surface area contributed by atoms with Crippen molar-refractivity contribution >= 4 is 39.7 Å². The number of carbonyl (C=O) groups is 4. The average Bonchev–Trinajstić information content (AvgIpc) is 2.58. The summed E-state index contributed by atoms with van der Waals surface area (Å²) in [6.45, 7) is -0.507. The number of rotatable bonds is 8. The first-order chi connectivity index (χ1) is 11.9. The van der Waals surface area contributed by atoms with Gasteiger partial charge in [-0.05, 0) is 18.2 Å². The number of hydrogen-bond donors (Lipinski definition) is 3. The molecular weight excluding hydrogens is 398 g/mol. The molecule has 0 heterocycles. The number of methoxy groups -OCH3 is 1. The highest BCUT2D eigenvalue weighted by atomic mass is 79.9. The maximum atomic E-state index is 11.8. The topological polar surface area (TPSA) is 123 Å². The predicted octanol–water partition coefficient (Wildman–Crippen LogP) is 0.194. The van der Waals surface area contributed by atoms with Crippen molar-refractivity contribution in [2.45, 2.75) is 0 Å². The lowest BCUT2D eigenvalue weighted by atomic mass is 10.2. The molecule has 0 aliphatic heterocycles. The van der Waals surface area contributed by atoms with E-state index in [1.165, 1.54) is 7.11 Å². The fraction of sp³-hybridized carbons (Fsp3) is 0.333. The second-order valence-electron chi connectivity index (χ2n) is 4.65. The fourth-order valence-corrected chi connectivity index (χ4v) is 1.95. The lowest BCUT2D eigenvalue weighted by Gasteiger charge is -2.08. The monoisotopic (exact) mass is 415 g/mol. The molecule has 0 aliphatic carbocycles. The number of imide groups is 1. The van der Waals surface area contributed by atoms with E-state index < -0.39 is 37.0 Å². The van der Waals surface area contributed by atoms with Crippen LogP contribution in [0.4, 0.5) is 4.79 Å². The van der Waals surface area contributed by atoms with Gasteiger partial charge in [0.1, 0.15) is 6.54 Å². The summed E-state index contributed by atoms with van der Waals surface area (Å²) in [5, 5.41) is 6.71. The Morgan fingerprint density at radius 1 is 1.16 bits per heavy atom. The highest BCUT2D eigenvalue weighted by Crippen LogP contribution is 2.11. The minimum atomic E-state index is -0.807. The third kappa shape index (κ3) is 8.82. The SMILES string of the molecule is COCCNC(=O)NC(=O)COC(=O)CNC(=O)c1cccc(Br)c1. The molecule has 0 spiro atoms. The molecule has 0 saturated carbocycles. The normalized spacial score (nSPS) is 9.84. The van der Waals surface area contributed by atoms with Crippen LogP contribution in [-0.2, 0) is 19.1 Å². The fourth-order valence-electron chi connectivity index (χ4n) is 1.55. The second-order valence-corrected chi connectivity index (χ2v) is 5.57. The van der Waals surface area contributed by atoms with Gasteiger partial charge in [0.2, 0.25) is 0 Å². The zero-order chi connectivity index (χ0) is 18.7. The van der Waals surface area contributed by atoms with Gasteiger partial charge in [-0.25, -0.2) is 4.79 Å². The number of halogens is 1. The van der Waals surface area contributed by atoms with Gasteiger partial charge in [-0.3, -0.25) is 19.7 Å². The van der Waals surface area contributed by atoms with Crippen molar-refractivity contribution in [2.75, 3.05) is 33.4 Å². The number of esters is 1. The molecule has 1 aromatic rings. The van der Waals surface area contributed by atoms with Crippen molar-refractivity contribution in [1.82, 2.24) is 16.0 Å². The summed E-state index contributed by atoms with van der Waals surface area (Å²) in [5.41, 5.74) is 0.368. The molecule has 0 unspecified atom stereocenters. The Morgan fingerprint density at radius 2 is 1.92 bits per heavy atom. The van der Waals surface area contributed by atoms with Gasteiger partial charge in [-0.2, -0.15) is 0 Å². The quantitative estimate of drug-likeness (QED) is 0.411. The van der Waals surface area contributed by atoms with E-state index in [1.807, 2.05) is 5.32 Å². The minimum absolute atomic E-state index is 0.233. The molecule has 0 fully saturated rings. The highest BCUT2D eigenvalue weighted by molar-refractivity contribution is 9.10. The van der Waals surface area contributed by atoms with Crippen molar-refractivity contribution in [3.05, 3.63) is 34.3 Å². The standard InChI is InChI=1S/C15H18BrN3O6/c1-24-6-5-17-15(23)19-12(20)9-25-13(21)8-18-14(22)10-3-2-4-11(16)7-10/h2-4,7H,5-6,8-9H2,1H3,(H,18,22)(H2,17,19,20,23). The van der Waals surface area contributed by atoms with Crippen LogP contribution in [0.3, 0.4) is 0 Å². The van der Waals surface area contributed by atoms with E-state index in [-0.39, 0.29) is 6.54 Å². The molecule has 25 heavy (non-hydrogen) atoms. The Balaban J connectivity index is 2.25. The first kappa shape index (κ1) is 20.6. The molecule has 136 valence electrons. The second kappa shape index (κ2) is 11.2. The van der Waals surface area contributed by atoms with Crippen LogP contribution in [0.1, 0.15) is 10.4 Å². The Labute approximate surface area is 152 Å². The third-order valence-electron chi connectivity index (χ3n) is 2.69. The Morgan fingerprint density at radius 3 is 2.60 bits per heavy atom. The van der Waals surface area contributed by atoms with E-state index in [2.05, 4.69) is 31.3 Å². The number of nitrogens with one attached hydrogen (secondary N) is 3. The maximum absolute atomic E-state index is 11.8. The van der Waals surface area contributed by atoms with E-state index in [0.29, 0.717) is 12.2 Å². The Kier molecular flexibility index (Phi) is 9.19. The molecule has 1 rings (SSSR count). The zero-order valence-corrected chi connectivity index (χ0v) is 15.1. The van der Waals surface area contributed by atoms with E-state index in [9.17, 15) is 19.2 Å². The van der Waals surface area contributed by atoms with Gasteiger partial charge in [-0.1, -0.05) is 22.0 Å². The molecule has 4 amide bonds. The summed E-state index contributed by atoms with van der Waals surface area (Å²) in [5.74, 6) is -2.06. The summed E-state index contributed by atoms with van der Waals surface area (Å²) in [4.78, 5) is 46.0. The first-order valence-corrected chi connectivity index (χ1v) is 7.97. The van der Waals surface area contributed by atoms with Crippen molar-refractivity contribution in [3.63, 3.8) is 0 Å². The molecule has 0 radical (unpaired) electrons. The molecule has 0 aliphatic rings. The number of hydrogen-bond acceptors (Lipinski definition) is 6. The van der Waals surface area contributed by atoms with Crippen LogP contribution in [0.2, 0.25) is 0 Å². The predicted molar refractivity (Wildman–Crippen MR) is 90.9 cm³/mol. The van der Waals surface area contributed by atoms with Gasteiger partial charge in [0.15, 0.2) is 6.61 Å². The van der Waals surface area contributed by atoms with E-state index >= 15 is 0 Å². The lowest BCUT2D eigenvalue weighted by Crippen LogP contribution is -2.42. The first-order valence-electron chi connectivity index (χ1n) is 7.18. The zero-order valence-electron chi connectivity index (χ0n) is 13.5. The van der Waals surface area contributed by atoms with Gasteiger partial charge < -0.3 is 20.1 Å². The van der Waals surface area contributed by atoms with Crippen molar-refractivity contribution in [3.8, 4) is 0 Å². The van der Waals surface area contributed by atoms with E-state index in [0.717, 1.165) is 4.47 Å². The summed E-state index contributed by atoms with van der Waals surface area (Å²) < 4.78 is 10.1. The van der Waals surface area contributed by atoms with Crippen LogP contribution in [0.15, 0.2) is 28.7 Å². The van der Waals surface area contributed by atoms with Crippen LogP contribution in [0, 0.1) is 0 Å². The Bertz CT molecular complexity index is 637. The molecule has 0 bridgehead atoms. The minimum Gasteiger partial charge on any atom is -0.454 e. The molecule has 10 heteroatoms. The third-order valence-corrected chi connectivity index (χ3v) is 3.18. The van der Waals surface area contributed by atoms with Crippen LogP contribution in [0.5, 0.6) is 0 Å². The van der Waals surface area contributed by atoms with Gasteiger partial charge in [0.25, 0.3) is 11.8 Å². The highest BCUT2D eigenvalue weighted by Gasteiger charge is 2.12. The molecular formula is C15H18BrN3O6.